The summed E-state index contributed by atoms with van der Waals surface area (Å²) in [6.45, 7) is 0.591. The fourth-order valence-electron chi connectivity index (χ4n) is 3.36. The predicted molar refractivity (Wildman–Crippen MR) is 107 cm³/mol. The lowest BCUT2D eigenvalue weighted by Crippen LogP contribution is -2.16. The Balaban J connectivity index is 0.00000225. The van der Waals surface area contributed by atoms with Crippen LogP contribution in [0.1, 0.15) is 34.6 Å². The Morgan fingerprint density at radius 1 is 1.29 bits per heavy atom. The van der Waals surface area contributed by atoms with Gasteiger partial charge in [-0.05, 0) is 36.1 Å². The number of benzene rings is 1. The van der Waals surface area contributed by atoms with Gasteiger partial charge in [-0.2, -0.15) is 5.10 Å². The van der Waals surface area contributed by atoms with E-state index in [0.717, 1.165) is 40.2 Å². The van der Waals surface area contributed by atoms with E-state index < -0.39 is 5.91 Å². The van der Waals surface area contributed by atoms with Crippen molar-refractivity contribution in [3.8, 4) is 17.1 Å². The number of anilines is 1. The van der Waals surface area contributed by atoms with Gasteiger partial charge < -0.3 is 15.8 Å². The van der Waals surface area contributed by atoms with Crippen LogP contribution in [-0.2, 0) is 26.4 Å². The van der Waals surface area contributed by atoms with Crippen molar-refractivity contribution in [2.75, 3.05) is 12.4 Å². The summed E-state index contributed by atoms with van der Waals surface area (Å²) in [5, 5.41) is 7.52. The molecule has 1 aromatic carbocycles. The average Bonchev–Trinajstić information content (AvgIpc) is 3.04. The number of hydrogen-bond acceptors (Lipinski definition) is 6. The average molecular weight is 380 g/mol. The Labute approximate surface area is 163 Å². The number of hydrogen-bond donors (Lipinski definition) is 2. The minimum absolute atomic E-state index is 0. The van der Waals surface area contributed by atoms with Crippen LogP contribution in [0, 0.1) is 0 Å². The molecule has 1 aliphatic carbocycles. The highest BCUT2D eigenvalue weighted by molar-refractivity contribution is 5.94. The molecule has 3 N–H and O–H groups in total. The first-order valence-corrected chi connectivity index (χ1v) is 8.65. The Kier molecular flexibility index (Phi) is 5.30. The topological polar surface area (TPSA) is 108 Å². The highest BCUT2D eigenvalue weighted by Gasteiger charge is 2.27. The van der Waals surface area contributed by atoms with E-state index in [1.165, 1.54) is 0 Å². The number of rotatable bonds is 5. The summed E-state index contributed by atoms with van der Waals surface area (Å²) in [6.07, 6.45) is 3.29. The fraction of sp³-hybridized carbons (Fsp3) is 0.300. The van der Waals surface area contributed by atoms with Crippen LogP contribution < -0.4 is 15.8 Å². The van der Waals surface area contributed by atoms with Gasteiger partial charge in [0.2, 0.25) is 5.95 Å². The van der Waals surface area contributed by atoms with E-state index in [-0.39, 0.29) is 7.43 Å². The zero-order valence-electron chi connectivity index (χ0n) is 15.2. The summed E-state index contributed by atoms with van der Waals surface area (Å²) in [5.74, 6) is 0.833. The molecular weight excluding hydrogens is 356 g/mol. The molecule has 0 bridgehead atoms. The number of primary amides is 1. The molecule has 8 nitrogen and oxygen atoms in total. The number of carbonyl (C=O) groups is 1. The number of carbonyl (C=O) groups excluding carboxylic acids is 1. The van der Waals surface area contributed by atoms with Crippen LogP contribution in [0.15, 0.2) is 30.5 Å². The van der Waals surface area contributed by atoms with Gasteiger partial charge >= 0.3 is 0 Å². The molecule has 1 aliphatic rings. The number of aromatic nitrogens is 4. The van der Waals surface area contributed by atoms with E-state index in [4.69, 9.17) is 10.5 Å². The summed E-state index contributed by atoms with van der Waals surface area (Å²) in [7, 11) is 3.44. The van der Waals surface area contributed by atoms with E-state index in [2.05, 4.69) is 20.4 Å². The fourth-order valence-corrected chi connectivity index (χ4v) is 3.36. The van der Waals surface area contributed by atoms with E-state index in [9.17, 15) is 4.79 Å². The molecule has 0 radical (unpaired) electrons. The molecule has 0 unspecified atom stereocenters. The Morgan fingerprint density at radius 3 is 2.71 bits per heavy atom. The second-order valence-corrected chi connectivity index (χ2v) is 6.43. The first-order chi connectivity index (χ1) is 13.1. The highest BCUT2D eigenvalue weighted by Crippen LogP contribution is 2.33. The normalized spacial score (nSPS) is 11.8. The molecule has 0 aliphatic heterocycles. The molecule has 2 aromatic heterocycles. The van der Waals surface area contributed by atoms with Crippen molar-refractivity contribution in [2.45, 2.75) is 26.8 Å². The lowest BCUT2D eigenvalue weighted by molar-refractivity contribution is 0.0994. The van der Waals surface area contributed by atoms with Crippen LogP contribution in [0.3, 0.4) is 0 Å². The number of nitrogens with two attached hydrogens (primary N) is 1. The summed E-state index contributed by atoms with van der Waals surface area (Å²) < 4.78 is 6.85. The molecule has 0 atom stereocenters. The molecule has 0 spiro atoms. The maximum absolute atomic E-state index is 11.7. The molecule has 4 rings (SSSR count). The molecule has 2 heterocycles. The minimum Gasteiger partial charge on any atom is -0.497 e. The van der Waals surface area contributed by atoms with Crippen molar-refractivity contribution in [1.82, 2.24) is 19.7 Å². The number of methoxy groups -OCH3 is 1. The van der Waals surface area contributed by atoms with Crippen molar-refractivity contribution in [3.05, 3.63) is 52.8 Å². The smallest absolute Gasteiger partial charge is 0.269 e. The Bertz CT molecular complexity index is 1010. The quantitative estimate of drug-likeness (QED) is 0.703. The Hall–Kier alpha value is -3.42. The van der Waals surface area contributed by atoms with Crippen LogP contribution in [0.4, 0.5) is 5.95 Å². The molecule has 0 saturated carbocycles. The van der Waals surface area contributed by atoms with Crippen molar-refractivity contribution >= 4 is 11.9 Å². The molecule has 0 saturated heterocycles. The van der Waals surface area contributed by atoms with Crippen molar-refractivity contribution in [1.29, 1.82) is 0 Å². The highest BCUT2D eigenvalue weighted by atomic mass is 16.5. The monoisotopic (exact) mass is 380 g/mol. The van der Waals surface area contributed by atoms with E-state index in [1.807, 2.05) is 30.5 Å². The third kappa shape index (κ3) is 3.40. The maximum Gasteiger partial charge on any atom is 0.269 e. The number of aryl methyl sites for hydroxylation is 2. The molecular formula is C20H24N6O2. The maximum atomic E-state index is 11.7. The van der Waals surface area contributed by atoms with E-state index in [1.54, 1.807) is 18.8 Å². The lowest BCUT2D eigenvalue weighted by Gasteiger charge is -2.17. The van der Waals surface area contributed by atoms with Crippen molar-refractivity contribution in [3.63, 3.8) is 0 Å². The number of nitrogens with zero attached hydrogens (tertiary/aromatic N) is 4. The van der Waals surface area contributed by atoms with Crippen LogP contribution in [0.2, 0.25) is 0 Å². The molecule has 8 heteroatoms. The lowest BCUT2D eigenvalue weighted by atomic mass is 9.93. The summed E-state index contributed by atoms with van der Waals surface area (Å²) in [4.78, 5) is 20.8. The van der Waals surface area contributed by atoms with Crippen LogP contribution in [-0.4, -0.2) is 32.8 Å². The first kappa shape index (κ1) is 19.3. The second kappa shape index (κ2) is 7.67. The van der Waals surface area contributed by atoms with Crippen LogP contribution >= 0.6 is 0 Å². The predicted octanol–water partition coefficient (Wildman–Crippen LogP) is 2.33. The van der Waals surface area contributed by atoms with E-state index >= 15 is 0 Å². The molecule has 146 valence electrons. The number of fused-ring (bicyclic) bond motifs is 3. The SMILES string of the molecule is C.COc1ccc(CNc2ncc3c(n2)-c2c(c(C(N)=O)nn2C)CC3)cc1. The number of nitrogens with one attached hydrogen (secondary N) is 1. The van der Waals surface area contributed by atoms with Gasteiger partial charge in [-0.15, -0.1) is 0 Å². The number of ether oxygens (including phenoxy) is 1. The van der Waals surface area contributed by atoms with Gasteiger partial charge in [-0.25, -0.2) is 9.97 Å². The first-order valence-electron chi connectivity index (χ1n) is 8.65. The zero-order valence-corrected chi connectivity index (χ0v) is 15.2. The van der Waals surface area contributed by atoms with Gasteiger partial charge in [0, 0.05) is 25.4 Å². The third-order valence-corrected chi connectivity index (χ3v) is 4.72. The van der Waals surface area contributed by atoms with Gasteiger partial charge in [0.15, 0.2) is 5.69 Å². The van der Waals surface area contributed by atoms with Crippen LogP contribution in [0.5, 0.6) is 5.75 Å². The largest absolute Gasteiger partial charge is 0.497 e. The van der Waals surface area contributed by atoms with Gasteiger partial charge in [-0.3, -0.25) is 9.48 Å². The van der Waals surface area contributed by atoms with Gasteiger partial charge in [0.25, 0.3) is 5.91 Å². The zero-order chi connectivity index (χ0) is 19.0. The summed E-state index contributed by atoms with van der Waals surface area (Å²) in [6, 6.07) is 7.81. The molecule has 1 amide bonds. The summed E-state index contributed by atoms with van der Waals surface area (Å²) in [5.41, 5.74) is 10.4. The standard InChI is InChI=1S/C19H20N6O2.CH4/c1-25-17-14(16(24-25)18(20)26)8-5-12-10-22-19(23-15(12)17)21-9-11-3-6-13(27-2)7-4-11;/h3-4,6-7,10H,5,8-9H2,1-2H3,(H2,20,26)(H,21,22,23);1H4. The van der Waals surface area contributed by atoms with Crippen molar-refractivity contribution < 1.29 is 9.53 Å². The minimum atomic E-state index is -0.512. The second-order valence-electron chi connectivity index (χ2n) is 6.43. The molecule has 28 heavy (non-hydrogen) atoms. The van der Waals surface area contributed by atoms with Gasteiger partial charge in [0.1, 0.15) is 5.75 Å². The summed E-state index contributed by atoms with van der Waals surface area (Å²) >= 11 is 0. The van der Waals surface area contributed by atoms with Gasteiger partial charge in [-0.1, -0.05) is 19.6 Å². The van der Waals surface area contributed by atoms with Crippen molar-refractivity contribution in [2.24, 2.45) is 12.8 Å². The van der Waals surface area contributed by atoms with Gasteiger partial charge in [0.05, 0.1) is 18.5 Å². The van der Waals surface area contributed by atoms with Crippen LogP contribution in [0.25, 0.3) is 11.4 Å². The van der Waals surface area contributed by atoms with E-state index in [0.29, 0.717) is 24.6 Å². The molecule has 0 fully saturated rings. The molecule has 3 aromatic rings. The third-order valence-electron chi connectivity index (χ3n) is 4.72. The number of amides is 1. The Morgan fingerprint density at radius 2 is 2.04 bits per heavy atom.